The first-order chi connectivity index (χ1) is 7.66. The summed E-state index contributed by atoms with van der Waals surface area (Å²) in [6, 6.07) is 2.62. The first kappa shape index (κ1) is 11.9. The second-order valence-corrected chi connectivity index (χ2v) is 5.60. The van der Waals surface area contributed by atoms with Crippen LogP contribution in [0, 0.1) is 23.2 Å². The second-order valence-electron chi connectivity index (χ2n) is 5.60. The lowest BCUT2D eigenvalue weighted by atomic mass is 9.71. The van der Waals surface area contributed by atoms with Crippen LogP contribution in [0.5, 0.6) is 0 Å². The molecule has 1 aliphatic carbocycles. The summed E-state index contributed by atoms with van der Waals surface area (Å²) >= 11 is 0. The molecule has 2 unspecified atom stereocenters. The van der Waals surface area contributed by atoms with Crippen molar-refractivity contribution in [2.45, 2.75) is 38.6 Å². The monoisotopic (exact) mass is 222 g/mol. The molecule has 1 heterocycles. The fourth-order valence-electron chi connectivity index (χ4n) is 3.50. The predicted octanol–water partition coefficient (Wildman–Crippen LogP) is 2.04. The third kappa shape index (κ3) is 2.23. The maximum absolute atomic E-state index is 9.60. The standard InChI is InChI=1S/C13H22N2O/c1-11-7-12(2)9-13(8-11,10-14)15-3-5-16-6-4-15/h11-12H,3-9H2,1-2H3. The number of rotatable bonds is 1. The van der Waals surface area contributed by atoms with E-state index in [2.05, 4.69) is 24.8 Å². The molecule has 2 fully saturated rings. The van der Waals surface area contributed by atoms with Gasteiger partial charge in [-0.1, -0.05) is 13.8 Å². The van der Waals surface area contributed by atoms with Crippen molar-refractivity contribution in [3.8, 4) is 6.07 Å². The van der Waals surface area contributed by atoms with E-state index in [-0.39, 0.29) is 5.54 Å². The molecule has 1 aliphatic heterocycles. The van der Waals surface area contributed by atoms with E-state index in [0.717, 1.165) is 39.1 Å². The molecule has 3 heteroatoms. The molecule has 1 saturated heterocycles. The van der Waals surface area contributed by atoms with Gasteiger partial charge in [-0.3, -0.25) is 4.90 Å². The molecular weight excluding hydrogens is 200 g/mol. The minimum absolute atomic E-state index is 0.207. The summed E-state index contributed by atoms with van der Waals surface area (Å²) in [7, 11) is 0. The molecule has 0 bridgehead atoms. The van der Waals surface area contributed by atoms with E-state index in [1.54, 1.807) is 0 Å². The number of nitrogens with zero attached hydrogens (tertiary/aromatic N) is 2. The van der Waals surface area contributed by atoms with Gasteiger partial charge >= 0.3 is 0 Å². The summed E-state index contributed by atoms with van der Waals surface area (Å²) in [5, 5.41) is 9.60. The molecule has 0 aromatic carbocycles. The molecule has 0 N–H and O–H groups in total. The molecule has 16 heavy (non-hydrogen) atoms. The van der Waals surface area contributed by atoms with Gasteiger partial charge in [0.2, 0.25) is 0 Å². The van der Waals surface area contributed by atoms with Gasteiger partial charge in [-0.2, -0.15) is 5.26 Å². The van der Waals surface area contributed by atoms with Crippen LogP contribution in [0.3, 0.4) is 0 Å². The molecule has 90 valence electrons. The molecule has 0 spiro atoms. The third-order valence-electron chi connectivity index (χ3n) is 4.00. The largest absolute Gasteiger partial charge is 0.379 e. The SMILES string of the molecule is CC1CC(C)CC(C#N)(N2CCOCC2)C1. The maximum atomic E-state index is 9.60. The maximum Gasteiger partial charge on any atom is 0.109 e. The summed E-state index contributed by atoms with van der Waals surface area (Å²) in [6.45, 7) is 7.97. The van der Waals surface area contributed by atoms with Gasteiger partial charge in [0.15, 0.2) is 0 Å². The van der Waals surface area contributed by atoms with E-state index in [1.165, 1.54) is 6.42 Å². The minimum atomic E-state index is -0.207. The van der Waals surface area contributed by atoms with E-state index in [9.17, 15) is 5.26 Å². The third-order valence-corrected chi connectivity index (χ3v) is 4.00. The number of nitriles is 1. The average molecular weight is 222 g/mol. The zero-order valence-electron chi connectivity index (χ0n) is 10.4. The Hall–Kier alpha value is -0.590. The Balaban J connectivity index is 2.14. The summed E-state index contributed by atoms with van der Waals surface area (Å²) in [5.41, 5.74) is -0.207. The first-order valence-corrected chi connectivity index (χ1v) is 6.40. The fourth-order valence-corrected chi connectivity index (χ4v) is 3.50. The number of ether oxygens (including phenoxy) is 1. The molecular formula is C13H22N2O. The van der Waals surface area contributed by atoms with Crippen LogP contribution >= 0.6 is 0 Å². The minimum Gasteiger partial charge on any atom is -0.379 e. The summed E-state index contributed by atoms with van der Waals surface area (Å²) in [5.74, 6) is 1.34. The summed E-state index contributed by atoms with van der Waals surface area (Å²) in [6.07, 6.45) is 3.34. The average Bonchev–Trinajstić information content (AvgIpc) is 2.29. The van der Waals surface area contributed by atoms with Crippen molar-refractivity contribution in [1.29, 1.82) is 5.26 Å². The highest BCUT2D eigenvalue weighted by molar-refractivity contribution is 5.12. The molecule has 1 saturated carbocycles. The van der Waals surface area contributed by atoms with Crippen LogP contribution < -0.4 is 0 Å². The lowest BCUT2D eigenvalue weighted by molar-refractivity contribution is -0.0288. The van der Waals surface area contributed by atoms with Crippen molar-refractivity contribution in [3.05, 3.63) is 0 Å². The van der Waals surface area contributed by atoms with Crippen molar-refractivity contribution in [2.24, 2.45) is 11.8 Å². The second kappa shape index (κ2) is 4.73. The normalized spacial score (nSPS) is 41.6. The van der Waals surface area contributed by atoms with Crippen molar-refractivity contribution < 1.29 is 4.74 Å². The van der Waals surface area contributed by atoms with E-state index < -0.39 is 0 Å². The molecule has 3 nitrogen and oxygen atoms in total. The van der Waals surface area contributed by atoms with E-state index in [4.69, 9.17) is 4.74 Å². The predicted molar refractivity (Wildman–Crippen MR) is 62.9 cm³/mol. The van der Waals surface area contributed by atoms with Crippen molar-refractivity contribution in [2.75, 3.05) is 26.3 Å². The molecule has 0 aromatic rings. The topological polar surface area (TPSA) is 36.3 Å². The van der Waals surface area contributed by atoms with Crippen LogP contribution in [-0.2, 0) is 4.74 Å². The van der Waals surface area contributed by atoms with E-state index in [1.807, 2.05) is 0 Å². The molecule has 0 radical (unpaired) electrons. The van der Waals surface area contributed by atoms with Gasteiger partial charge < -0.3 is 4.74 Å². The lowest BCUT2D eigenvalue weighted by Crippen LogP contribution is -2.55. The Labute approximate surface area is 98.4 Å². The number of hydrogen-bond acceptors (Lipinski definition) is 3. The molecule has 2 aliphatic rings. The first-order valence-electron chi connectivity index (χ1n) is 6.40. The van der Waals surface area contributed by atoms with Crippen molar-refractivity contribution >= 4 is 0 Å². The Bertz CT molecular complexity index is 268. The summed E-state index contributed by atoms with van der Waals surface area (Å²) < 4.78 is 5.38. The van der Waals surface area contributed by atoms with Crippen LogP contribution in [0.25, 0.3) is 0 Å². The molecule has 2 rings (SSSR count). The van der Waals surface area contributed by atoms with Gasteiger partial charge in [0.25, 0.3) is 0 Å². The van der Waals surface area contributed by atoms with Gasteiger partial charge in [-0.15, -0.1) is 0 Å². The lowest BCUT2D eigenvalue weighted by Gasteiger charge is -2.46. The molecule has 0 amide bonds. The Morgan fingerprint density at radius 3 is 2.25 bits per heavy atom. The number of morpholine rings is 1. The smallest absolute Gasteiger partial charge is 0.109 e. The van der Waals surface area contributed by atoms with Crippen LogP contribution in [0.4, 0.5) is 0 Å². The van der Waals surface area contributed by atoms with Crippen molar-refractivity contribution in [1.82, 2.24) is 4.90 Å². The molecule has 2 atom stereocenters. The molecule has 0 aromatic heterocycles. The Morgan fingerprint density at radius 1 is 1.19 bits per heavy atom. The Morgan fingerprint density at radius 2 is 1.75 bits per heavy atom. The van der Waals surface area contributed by atoms with Gasteiger partial charge in [-0.05, 0) is 31.1 Å². The van der Waals surface area contributed by atoms with Gasteiger partial charge in [-0.25, -0.2) is 0 Å². The van der Waals surface area contributed by atoms with Crippen LogP contribution in [0.1, 0.15) is 33.1 Å². The van der Waals surface area contributed by atoms with Crippen molar-refractivity contribution in [3.63, 3.8) is 0 Å². The van der Waals surface area contributed by atoms with Crippen LogP contribution in [0.2, 0.25) is 0 Å². The highest BCUT2D eigenvalue weighted by Crippen LogP contribution is 2.39. The van der Waals surface area contributed by atoms with E-state index in [0.29, 0.717) is 11.8 Å². The van der Waals surface area contributed by atoms with Crippen LogP contribution in [0.15, 0.2) is 0 Å². The highest BCUT2D eigenvalue weighted by Gasteiger charge is 2.43. The van der Waals surface area contributed by atoms with Gasteiger partial charge in [0.1, 0.15) is 5.54 Å². The van der Waals surface area contributed by atoms with Gasteiger partial charge in [0, 0.05) is 13.1 Å². The van der Waals surface area contributed by atoms with Gasteiger partial charge in [0.05, 0.1) is 19.3 Å². The number of hydrogen-bond donors (Lipinski definition) is 0. The fraction of sp³-hybridized carbons (Fsp3) is 0.923. The highest BCUT2D eigenvalue weighted by atomic mass is 16.5. The van der Waals surface area contributed by atoms with E-state index >= 15 is 0 Å². The zero-order chi connectivity index (χ0) is 11.6. The quantitative estimate of drug-likeness (QED) is 0.681. The summed E-state index contributed by atoms with van der Waals surface area (Å²) in [4.78, 5) is 2.36. The van der Waals surface area contributed by atoms with Crippen LogP contribution in [-0.4, -0.2) is 36.7 Å². The Kier molecular flexibility index (Phi) is 3.51. The zero-order valence-corrected chi connectivity index (χ0v) is 10.4.